The first-order valence-corrected chi connectivity index (χ1v) is 22.2. The van der Waals surface area contributed by atoms with Gasteiger partial charge in [-0.25, -0.2) is 0 Å². The molecular weight excluding hydrogens is 646 g/mol. The zero-order chi connectivity index (χ0) is 34.6. The number of hydrogen-bond acceptors (Lipinski definition) is 2. The minimum Gasteiger partial charge on any atom is -0.319 e. The van der Waals surface area contributed by atoms with Gasteiger partial charge in [-0.3, -0.25) is 0 Å². The number of hydrogen-bond donors (Lipinski definition) is 0. The third-order valence-corrected chi connectivity index (χ3v) is 12.9. The van der Waals surface area contributed by atoms with E-state index < -0.39 is 14.3 Å². The fourth-order valence-corrected chi connectivity index (χ4v) is 9.16. The summed E-state index contributed by atoms with van der Waals surface area (Å²) in [5.74, 6) is 0. The highest BCUT2D eigenvalue weighted by atomic mass is 31.2. The van der Waals surface area contributed by atoms with Crippen LogP contribution in [0.2, 0.25) is 0 Å². The van der Waals surface area contributed by atoms with Crippen molar-refractivity contribution in [3.63, 3.8) is 0 Å². The first kappa shape index (κ1) is 32.2. The Labute approximate surface area is 294 Å². The van der Waals surface area contributed by atoms with Gasteiger partial charge in [0.1, 0.15) is 14.3 Å². The molecule has 0 aliphatic heterocycles. The Hall–Kier alpha value is -5.00. The summed E-state index contributed by atoms with van der Waals surface area (Å²) >= 11 is 0. The van der Waals surface area contributed by atoms with Crippen molar-refractivity contribution in [2.24, 2.45) is 0 Å². The molecule has 0 aliphatic carbocycles. The Balaban J connectivity index is 1.27. The lowest BCUT2D eigenvalue weighted by Crippen LogP contribution is -2.02. The maximum absolute atomic E-state index is 13.1. The summed E-state index contributed by atoms with van der Waals surface area (Å²) in [4.78, 5) is 0. The van der Waals surface area contributed by atoms with Crippen LogP contribution in [-0.2, 0) is 9.13 Å². The molecule has 50 heavy (non-hydrogen) atoms. The second-order valence-corrected chi connectivity index (χ2v) is 20.4. The van der Waals surface area contributed by atoms with Crippen LogP contribution in [0.25, 0.3) is 76.8 Å². The molecule has 0 atom stereocenters. The van der Waals surface area contributed by atoms with E-state index in [0.29, 0.717) is 0 Å². The van der Waals surface area contributed by atoms with Crippen molar-refractivity contribution in [3.8, 4) is 44.5 Å². The SMILES string of the molecule is CP(C)(=O)c1cccc(-c2ccc(-c3ccc(-c4c5ccccc5c(-c5cccc(P(C)(C)=O)c5)c5ccccc45)cc3)c3ccccc23)c1. The van der Waals surface area contributed by atoms with Gasteiger partial charge in [-0.15, -0.1) is 0 Å². The normalized spacial score (nSPS) is 12.2. The zero-order valence-corrected chi connectivity index (χ0v) is 30.5. The molecule has 8 aromatic carbocycles. The highest BCUT2D eigenvalue weighted by Crippen LogP contribution is 2.45. The molecule has 0 aromatic heterocycles. The maximum atomic E-state index is 13.1. The Kier molecular flexibility index (Phi) is 7.99. The van der Waals surface area contributed by atoms with Crippen LogP contribution in [0.3, 0.4) is 0 Å². The van der Waals surface area contributed by atoms with Crippen LogP contribution in [0, 0.1) is 0 Å². The Morgan fingerprint density at radius 1 is 0.320 bits per heavy atom. The molecule has 0 aliphatic rings. The second kappa shape index (κ2) is 12.4. The standard InChI is InChI=1S/C46H38O2P2/c1-49(2,47)35-15-11-13-33(29-35)38-28-27-37(39-17-5-6-18-40(38)39)31-23-25-32(26-24-31)45-41-19-7-9-21-43(41)46(44-22-10-8-20-42(44)45)34-14-12-16-36(30-34)50(3,4)48/h5-30H,1-4H3. The fraction of sp³-hybridized carbons (Fsp3) is 0.0870. The van der Waals surface area contributed by atoms with Gasteiger partial charge in [0, 0.05) is 10.6 Å². The van der Waals surface area contributed by atoms with Gasteiger partial charge >= 0.3 is 0 Å². The predicted octanol–water partition coefficient (Wildman–Crippen LogP) is 12.3. The molecule has 0 radical (unpaired) electrons. The predicted molar refractivity (Wildman–Crippen MR) is 219 cm³/mol. The van der Waals surface area contributed by atoms with Crippen LogP contribution in [0.5, 0.6) is 0 Å². The van der Waals surface area contributed by atoms with Crippen molar-refractivity contribution in [2.45, 2.75) is 0 Å². The van der Waals surface area contributed by atoms with Gasteiger partial charge in [0.25, 0.3) is 0 Å². The monoisotopic (exact) mass is 684 g/mol. The van der Waals surface area contributed by atoms with E-state index in [-0.39, 0.29) is 0 Å². The van der Waals surface area contributed by atoms with Crippen LogP contribution in [0.1, 0.15) is 0 Å². The minimum absolute atomic E-state index is 0.893. The molecule has 8 rings (SSSR count). The molecule has 0 saturated heterocycles. The van der Waals surface area contributed by atoms with Crippen LogP contribution in [0.15, 0.2) is 158 Å². The van der Waals surface area contributed by atoms with E-state index in [2.05, 4.69) is 133 Å². The lowest BCUT2D eigenvalue weighted by Gasteiger charge is -2.19. The number of fused-ring (bicyclic) bond motifs is 3. The average Bonchev–Trinajstić information content (AvgIpc) is 3.13. The van der Waals surface area contributed by atoms with E-state index in [4.69, 9.17) is 0 Å². The molecule has 4 heteroatoms. The van der Waals surface area contributed by atoms with Gasteiger partial charge in [-0.2, -0.15) is 0 Å². The molecule has 0 fully saturated rings. The van der Waals surface area contributed by atoms with Crippen molar-refractivity contribution < 1.29 is 9.13 Å². The third-order valence-electron chi connectivity index (χ3n) is 9.88. The molecule has 0 amide bonds. The third kappa shape index (κ3) is 5.74. The molecule has 0 spiro atoms. The van der Waals surface area contributed by atoms with E-state index in [1.165, 1.54) is 49.0 Å². The van der Waals surface area contributed by atoms with Crippen LogP contribution < -0.4 is 10.6 Å². The summed E-state index contributed by atoms with van der Waals surface area (Å²) in [6, 6.07) is 55.7. The van der Waals surface area contributed by atoms with E-state index in [1.54, 1.807) is 0 Å². The summed E-state index contributed by atoms with van der Waals surface area (Å²) in [6.07, 6.45) is 0. The largest absolute Gasteiger partial charge is 0.319 e. The molecular formula is C46H38O2P2. The molecule has 0 unspecified atom stereocenters. The summed E-state index contributed by atoms with van der Waals surface area (Å²) in [6.45, 7) is 7.33. The van der Waals surface area contributed by atoms with Gasteiger partial charge < -0.3 is 9.13 Å². The Morgan fingerprint density at radius 2 is 0.680 bits per heavy atom. The summed E-state index contributed by atoms with van der Waals surface area (Å²) in [7, 11) is -4.81. The van der Waals surface area contributed by atoms with Gasteiger partial charge in [0.15, 0.2) is 0 Å². The lowest BCUT2D eigenvalue weighted by atomic mass is 9.85. The molecule has 0 heterocycles. The fourth-order valence-electron chi connectivity index (χ4n) is 7.37. The van der Waals surface area contributed by atoms with Gasteiger partial charge in [0.2, 0.25) is 0 Å². The van der Waals surface area contributed by atoms with Gasteiger partial charge in [-0.05, 0) is 116 Å². The lowest BCUT2D eigenvalue weighted by molar-refractivity contribution is 0.587. The molecule has 8 aromatic rings. The van der Waals surface area contributed by atoms with E-state index in [0.717, 1.165) is 38.4 Å². The Morgan fingerprint density at radius 3 is 1.14 bits per heavy atom. The van der Waals surface area contributed by atoms with Crippen molar-refractivity contribution in [1.82, 2.24) is 0 Å². The van der Waals surface area contributed by atoms with Crippen molar-refractivity contribution >= 4 is 57.2 Å². The van der Waals surface area contributed by atoms with E-state index in [1.807, 2.05) is 50.9 Å². The molecule has 0 N–H and O–H groups in total. The van der Waals surface area contributed by atoms with Gasteiger partial charge in [-0.1, -0.05) is 146 Å². The minimum atomic E-state index is -2.43. The summed E-state index contributed by atoms with van der Waals surface area (Å²) in [5.41, 5.74) is 9.18. The first-order valence-electron chi connectivity index (χ1n) is 17.0. The van der Waals surface area contributed by atoms with E-state index in [9.17, 15) is 9.13 Å². The number of benzene rings is 8. The maximum Gasteiger partial charge on any atom is 0.109 e. The highest BCUT2D eigenvalue weighted by molar-refractivity contribution is 7.70. The summed E-state index contributed by atoms with van der Waals surface area (Å²) < 4.78 is 26.0. The van der Waals surface area contributed by atoms with Crippen molar-refractivity contribution in [3.05, 3.63) is 158 Å². The summed E-state index contributed by atoms with van der Waals surface area (Å²) in [5, 5.41) is 8.89. The van der Waals surface area contributed by atoms with Crippen LogP contribution in [-0.4, -0.2) is 26.7 Å². The van der Waals surface area contributed by atoms with Gasteiger partial charge in [0.05, 0.1) is 0 Å². The first-order chi connectivity index (χ1) is 24.1. The molecule has 244 valence electrons. The smallest absolute Gasteiger partial charge is 0.109 e. The molecule has 0 bridgehead atoms. The quantitative estimate of drug-likeness (QED) is 0.129. The molecule has 0 saturated carbocycles. The number of rotatable bonds is 6. The molecule has 2 nitrogen and oxygen atoms in total. The Bertz CT molecular complexity index is 2640. The van der Waals surface area contributed by atoms with Crippen LogP contribution in [0.4, 0.5) is 0 Å². The topological polar surface area (TPSA) is 34.1 Å². The van der Waals surface area contributed by atoms with Crippen molar-refractivity contribution in [1.29, 1.82) is 0 Å². The second-order valence-electron chi connectivity index (χ2n) is 13.9. The zero-order valence-electron chi connectivity index (χ0n) is 28.7. The van der Waals surface area contributed by atoms with Crippen molar-refractivity contribution in [2.75, 3.05) is 26.7 Å². The average molecular weight is 685 g/mol. The van der Waals surface area contributed by atoms with E-state index >= 15 is 0 Å². The van der Waals surface area contributed by atoms with Crippen LogP contribution >= 0.6 is 14.3 Å². The highest BCUT2D eigenvalue weighted by Gasteiger charge is 2.19.